The number of rotatable bonds is 17. The molecule has 0 radical (unpaired) electrons. The Labute approximate surface area is 165 Å². The largest absolute Gasteiger partial charge is 0.460 e. The fourth-order valence-electron chi connectivity index (χ4n) is 1.58. The highest BCUT2D eigenvalue weighted by Crippen LogP contribution is 2.07. The highest BCUT2D eigenvalue weighted by molar-refractivity contribution is 14.1. The predicted octanol–water partition coefficient (Wildman–Crippen LogP) is 2.24. The van der Waals surface area contributed by atoms with Gasteiger partial charge in [-0.25, -0.2) is 0 Å². The maximum Gasteiger partial charge on any atom is 0.308 e. The molecular weight excluding hydrogens is 443 g/mol. The van der Waals surface area contributed by atoms with Gasteiger partial charge in [-0.05, 0) is 20.8 Å². The molecule has 0 N–H and O–H groups in total. The second kappa shape index (κ2) is 17.4. The first kappa shape index (κ1) is 25.0. The Bertz CT molecular complexity index is 308. The summed E-state index contributed by atoms with van der Waals surface area (Å²) in [6.07, 6.45) is 0.253. The lowest BCUT2D eigenvalue weighted by Crippen LogP contribution is -2.24. The summed E-state index contributed by atoms with van der Waals surface area (Å²) in [6.45, 7) is 10.9. The standard InChI is InChI=1S/C17H33IO7/c1-17(2,3)25-16(19)4-6-20-8-10-22-12-14-24-15-13-23-11-9-21-7-5-18/h4-15H2,1-3H3. The van der Waals surface area contributed by atoms with Crippen molar-refractivity contribution in [1.82, 2.24) is 0 Å². The van der Waals surface area contributed by atoms with Crippen molar-refractivity contribution >= 4 is 28.6 Å². The Morgan fingerprint density at radius 3 is 1.40 bits per heavy atom. The van der Waals surface area contributed by atoms with E-state index in [1.165, 1.54) is 0 Å². The maximum atomic E-state index is 11.4. The maximum absolute atomic E-state index is 11.4. The van der Waals surface area contributed by atoms with Crippen molar-refractivity contribution in [3.8, 4) is 0 Å². The van der Waals surface area contributed by atoms with Crippen LogP contribution in [-0.2, 0) is 33.2 Å². The van der Waals surface area contributed by atoms with Gasteiger partial charge in [0.25, 0.3) is 0 Å². The molecular formula is C17H33IO7. The zero-order valence-electron chi connectivity index (χ0n) is 15.7. The summed E-state index contributed by atoms with van der Waals surface area (Å²) in [5.41, 5.74) is -0.451. The monoisotopic (exact) mass is 476 g/mol. The van der Waals surface area contributed by atoms with Gasteiger partial charge in [0.2, 0.25) is 0 Å². The summed E-state index contributed by atoms with van der Waals surface area (Å²) >= 11 is 2.27. The molecule has 0 amide bonds. The molecule has 0 atom stereocenters. The molecule has 0 unspecified atom stereocenters. The molecule has 0 bridgehead atoms. The quantitative estimate of drug-likeness (QED) is 0.138. The van der Waals surface area contributed by atoms with Crippen LogP contribution in [0.1, 0.15) is 27.2 Å². The van der Waals surface area contributed by atoms with E-state index in [1.807, 2.05) is 20.8 Å². The number of alkyl halides is 1. The van der Waals surface area contributed by atoms with Gasteiger partial charge >= 0.3 is 5.97 Å². The Balaban J connectivity index is 3.13. The molecule has 0 spiro atoms. The molecule has 0 aliphatic carbocycles. The van der Waals surface area contributed by atoms with Crippen molar-refractivity contribution in [2.45, 2.75) is 32.8 Å². The van der Waals surface area contributed by atoms with Crippen molar-refractivity contribution < 1.29 is 33.2 Å². The van der Waals surface area contributed by atoms with Gasteiger partial charge in [0.1, 0.15) is 5.60 Å². The molecule has 0 rings (SSSR count). The fraction of sp³-hybridized carbons (Fsp3) is 0.941. The minimum Gasteiger partial charge on any atom is -0.460 e. The molecule has 0 aliphatic heterocycles. The van der Waals surface area contributed by atoms with Gasteiger partial charge in [-0.1, -0.05) is 22.6 Å². The van der Waals surface area contributed by atoms with E-state index < -0.39 is 5.60 Å². The molecule has 0 heterocycles. The lowest BCUT2D eigenvalue weighted by Gasteiger charge is -2.19. The zero-order chi connectivity index (χ0) is 18.8. The van der Waals surface area contributed by atoms with Crippen molar-refractivity contribution in [2.24, 2.45) is 0 Å². The van der Waals surface area contributed by atoms with Crippen LogP contribution in [0.15, 0.2) is 0 Å². The van der Waals surface area contributed by atoms with Crippen LogP contribution in [0.25, 0.3) is 0 Å². The van der Waals surface area contributed by atoms with E-state index in [0.29, 0.717) is 59.5 Å². The van der Waals surface area contributed by atoms with Gasteiger partial charge in [-0.15, -0.1) is 0 Å². The van der Waals surface area contributed by atoms with E-state index >= 15 is 0 Å². The summed E-state index contributed by atoms with van der Waals surface area (Å²) in [7, 11) is 0. The lowest BCUT2D eigenvalue weighted by molar-refractivity contribution is -0.156. The molecule has 0 aromatic heterocycles. The number of esters is 1. The molecule has 0 aliphatic rings. The highest BCUT2D eigenvalue weighted by Gasteiger charge is 2.15. The van der Waals surface area contributed by atoms with Crippen molar-refractivity contribution in [3.05, 3.63) is 0 Å². The van der Waals surface area contributed by atoms with Crippen molar-refractivity contribution in [2.75, 3.05) is 70.5 Å². The number of hydrogen-bond donors (Lipinski definition) is 0. The molecule has 150 valence electrons. The molecule has 25 heavy (non-hydrogen) atoms. The summed E-state index contributed by atoms with van der Waals surface area (Å²) in [4.78, 5) is 11.4. The highest BCUT2D eigenvalue weighted by atomic mass is 127. The third-order valence-electron chi connectivity index (χ3n) is 2.58. The summed E-state index contributed by atoms with van der Waals surface area (Å²) in [6, 6.07) is 0. The third kappa shape index (κ3) is 22.0. The van der Waals surface area contributed by atoms with Gasteiger partial charge in [-0.3, -0.25) is 4.79 Å². The van der Waals surface area contributed by atoms with Gasteiger partial charge in [-0.2, -0.15) is 0 Å². The van der Waals surface area contributed by atoms with Crippen LogP contribution in [0.2, 0.25) is 0 Å². The number of carbonyl (C=O) groups is 1. The SMILES string of the molecule is CC(C)(C)OC(=O)CCOCCOCCOCCOCCOCCI. The third-order valence-corrected chi connectivity index (χ3v) is 3.02. The normalized spacial score (nSPS) is 11.7. The summed E-state index contributed by atoms with van der Waals surface area (Å²) < 4.78 is 32.9. The van der Waals surface area contributed by atoms with Gasteiger partial charge in [0.05, 0.1) is 72.5 Å². The van der Waals surface area contributed by atoms with E-state index in [1.54, 1.807) is 0 Å². The van der Waals surface area contributed by atoms with Crippen LogP contribution in [0, 0.1) is 0 Å². The number of carbonyl (C=O) groups excluding carboxylic acids is 1. The lowest BCUT2D eigenvalue weighted by atomic mass is 10.2. The van der Waals surface area contributed by atoms with Crippen LogP contribution in [-0.4, -0.2) is 82.1 Å². The van der Waals surface area contributed by atoms with Gasteiger partial charge in [0, 0.05) is 4.43 Å². The molecule has 0 saturated heterocycles. The first-order chi connectivity index (χ1) is 12.0. The second-order valence-corrected chi connectivity index (χ2v) is 7.17. The minimum atomic E-state index is -0.451. The molecule has 8 heteroatoms. The number of halogens is 1. The van der Waals surface area contributed by atoms with E-state index in [9.17, 15) is 4.79 Å². The van der Waals surface area contributed by atoms with Crippen LogP contribution >= 0.6 is 22.6 Å². The van der Waals surface area contributed by atoms with E-state index in [-0.39, 0.29) is 12.4 Å². The Kier molecular flexibility index (Phi) is 17.4. The number of hydrogen-bond acceptors (Lipinski definition) is 7. The van der Waals surface area contributed by atoms with Crippen LogP contribution in [0.5, 0.6) is 0 Å². The van der Waals surface area contributed by atoms with Crippen LogP contribution < -0.4 is 0 Å². The Morgan fingerprint density at radius 2 is 1.04 bits per heavy atom. The molecule has 0 aromatic carbocycles. The average Bonchev–Trinajstić information content (AvgIpc) is 2.53. The second-order valence-electron chi connectivity index (χ2n) is 6.09. The first-order valence-electron chi connectivity index (χ1n) is 8.62. The topological polar surface area (TPSA) is 72.5 Å². The fourth-order valence-corrected chi connectivity index (χ4v) is 1.90. The van der Waals surface area contributed by atoms with Crippen molar-refractivity contribution in [3.63, 3.8) is 0 Å². The molecule has 0 saturated carbocycles. The van der Waals surface area contributed by atoms with Crippen molar-refractivity contribution in [1.29, 1.82) is 0 Å². The average molecular weight is 476 g/mol. The van der Waals surface area contributed by atoms with E-state index in [4.69, 9.17) is 28.4 Å². The molecule has 7 nitrogen and oxygen atoms in total. The van der Waals surface area contributed by atoms with Crippen LogP contribution in [0.3, 0.4) is 0 Å². The van der Waals surface area contributed by atoms with E-state index in [0.717, 1.165) is 11.0 Å². The zero-order valence-corrected chi connectivity index (χ0v) is 17.9. The minimum absolute atomic E-state index is 0.249. The first-order valence-corrected chi connectivity index (χ1v) is 10.1. The smallest absolute Gasteiger partial charge is 0.308 e. The summed E-state index contributed by atoms with van der Waals surface area (Å²) in [5, 5.41) is 0. The summed E-state index contributed by atoms with van der Waals surface area (Å²) in [5.74, 6) is -0.249. The number of ether oxygens (including phenoxy) is 6. The van der Waals surface area contributed by atoms with Gasteiger partial charge < -0.3 is 28.4 Å². The predicted molar refractivity (Wildman–Crippen MR) is 103 cm³/mol. The molecule has 0 fully saturated rings. The Hall–Kier alpha value is -0.000000000000000222. The molecule has 0 aromatic rings. The van der Waals surface area contributed by atoms with E-state index in [2.05, 4.69) is 22.6 Å². The Morgan fingerprint density at radius 1 is 0.680 bits per heavy atom. The van der Waals surface area contributed by atoms with Gasteiger partial charge in [0.15, 0.2) is 0 Å². The van der Waals surface area contributed by atoms with Crippen LogP contribution in [0.4, 0.5) is 0 Å².